The van der Waals surface area contributed by atoms with Crippen molar-refractivity contribution in [2.45, 2.75) is 13.5 Å². The number of methoxy groups -OCH3 is 1. The van der Waals surface area contributed by atoms with E-state index in [0.717, 1.165) is 24.2 Å². The quantitative estimate of drug-likeness (QED) is 0.764. The molecule has 0 fully saturated rings. The summed E-state index contributed by atoms with van der Waals surface area (Å²) in [5.74, 6) is 0.974. The molecule has 0 amide bonds. The molecule has 1 aromatic carbocycles. The molecule has 1 aromatic rings. The fraction of sp³-hybridized carbons (Fsp3) is 0.500. The van der Waals surface area contributed by atoms with Crippen LogP contribution in [0.2, 0.25) is 0 Å². The summed E-state index contributed by atoms with van der Waals surface area (Å²) in [6.07, 6.45) is 0. The van der Waals surface area contributed by atoms with Crippen LogP contribution in [0.15, 0.2) is 18.2 Å². The summed E-state index contributed by atoms with van der Waals surface area (Å²) in [5, 5.41) is 0.998. The maximum absolute atomic E-state index is 5.34. The van der Waals surface area contributed by atoms with E-state index < -0.39 is 0 Å². The van der Waals surface area contributed by atoms with Gasteiger partial charge in [-0.15, -0.1) is 0 Å². The van der Waals surface area contributed by atoms with Crippen molar-refractivity contribution in [3.63, 3.8) is 0 Å². The Morgan fingerprint density at radius 1 is 1.40 bits per heavy atom. The fourth-order valence-corrected chi connectivity index (χ4v) is 2.15. The third-order valence-electron chi connectivity index (χ3n) is 2.34. The van der Waals surface area contributed by atoms with Gasteiger partial charge in [-0.2, -0.15) is 0 Å². The van der Waals surface area contributed by atoms with E-state index in [0.29, 0.717) is 0 Å². The Hall–Kier alpha value is -0.540. The standard InChI is InChI=1S/C12H18BrNO/c1-10-4-5-12(15-3)11(8-10)9-14(2)7-6-13/h4-5,8H,6-7,9H2,1-3H3. The summed E-state index contributed by atoms with van der Waals surface area (Å²) < 4.78 is 5.34. The monoisotopic (exact) mass is 271 g/mol. The Morgan fingerprint density at radius 3 is 2.73 bits per heavy atom. The van der Waals surface area contributed by atoms with Gasteiger partial charge >= 0.3 is 0 Å². The lowest BCUT2D eigenvalue weighted by atomic mass is 10.1. The zero-order chi connectivity index (χ0) is 11.3. The van der Waals surface area contributed by atoms with Crippen LogP contribution in [0.4, 0.5) is 0 Å². The fourth-order valence-electron chi connectivity index (χ4n) is 1.55. The molecule has 2 nitrogen and oxygen atoms in total. The molecule has 0 heterocycles. The first-order chi connectivity index (χ1) is 7.17. The smallest absolute Gasteiger partial charge is 0.123 e. The Morgan fingerprint density at radius 2 is 2.13 bits per heavy atom. The number of rotatable bonds is 5. The molecule has 0 aliphatic carbocycles. The SMILES string of the molecule is COc1ccc(C)cc1CN(C)CCBr. The van der Waals surface area contributed by atoms with E-state index in [1.807, 2.05) is 6.07 Å². The van der Waals surface area contributed by atoms with Crippen LogP contribution in [-0.4, -0.2) is 30.9 Å². The van der Waals surface area contributed by atoms with Crippen molar-refractivity contribution < 1.29 is 4.74 Å². The maximum Gasteiger partial charge on any atom is 0.123 e. The van der Waals surface area contributed by atoms with E-state index in [1.165, 1.54) is 11.1 Å². The molecule has 0 radical (unpaired) electrons. The molecule has 0 aliphatic heterocycles. The highest BCUT2D eigenvalue weighted by Crippen LogP contribution is 2.20. The second kappa shape index (κ2) is 6.13. The second-order valence-electron chi connectivity index (χ2n) is 3.74. The van der Waals surface area contributed by atoms with Gasteiger partial charge in [-0.05, 0) is 20.0 Å². The predicted octanol–water partition coefficient (Wildman–Crippen LogP) is 2.83. The molecule has 0 unspecified atom stereocenters. The molecule has 0 saturated carbocycles. The molecule has 0 bridgehead atoms. The molecule has 3 heteroatoms. The van der Waals surface area contributed by atoms with E-state index in [2.05, 4.69) is 46.9 Å². The normalized spacial score (nSPS) is 10.7. The Bertz CT molecular complexity index is 314. The number of nitrogens with zero attached hydrogens (tertiary/aromatic N) is 1. The lowest BCUT2D eigenvalue weighted by Crippen LogP contribution is -2.20. The molecular formula is C12H18BrNO. The molecule has 0 spiro atoms. The summed E-state index contributed by atoms with van der Waals surface area (Å²) in [7, 11) is 3.84. The van der Waals surface area contributed by atoms with Crippen molar-refractivity contribution in [3.8, 4) is 5.75 Å². The highest BCUT2D eigenvalue weighted by molar-refractivity contribution is 9.09. The zero-order valence-corrected chi connectivity index (χ0v) is 11.2. The molecule has 1 rings (SSSR count). The Labute approximate surface area is 100 Å². The van der Waals surface area contributed by atoms with Crippen molar-refractivity contribution in [2.75, 3.05) is 26.0 Å². The third kappa shape index (κ3) is 3.84. The molecule has 84 valence electrons. The largest absolute Gasteiger partial charge is 0.496 e. The van der Waals surface area contributed by atoms with E-state index in [9.17, 15) is 0 Å². The van der Waals surface area contributed by atoms with Crippen LogP contribution in [-0.2, 0) is 6.54 Å². The number of halogens is 1. The molecule has 15 heavy (non-hydrogen) atoms. The van der Waals surface area contributed by atoms with Crippen molar-refractivity contribution in [1.29, 1.82) is 0 Å². The first kappa shape index (κ1) is 12.5. The van der Waals surface area contributed by atoms with Crippen molar-refractivity contribution in [2.24, 2.45) is 0 Å². The average Bonchev–Trinajstić information content (AvgIpc) is 2.18. The van der Waals surface area contributed by atoms with Crippen LogP contribution in [0.1, 0.15) is 11.1 Å². The van der Waals surface area contributed by atoms with Gasteiger partial charge in [-0.25, -0.2) is 0 Å². The second-order valence-corrected chi connectivity index (χ2v) is 4.54. The molecule has 0 saturated heterocycles. The number of benzene rings is 1. The van der Waals surface area contributed by atoms with E-state index in [-0.39, 0.29) is 0 Å². The molecule has 0 aromatic heterocycles. The average molecular weight is 272 g/mol. The number of hydrogen-bond donors (Lipinski definition) is 0. The minimum Gasteiger partial charge on any atom is -0.496 e. The van der Waals surface area contributed by atoms with Gasteiger partial charge in [0, 0.05) is 24.0 Å². The third-order valence-corrected chi connectivity index (χ3v) is 2.70. The van der Waals surface area contributed by atoms with Crippen molar-refractivity contribution in [1.82, 2.24) is 4.90 Å². The highest BCUT2D eigenvalue weighted by atomic mass is 79.9. The van der Waals surface area contributed by atoms with Gasteiger partial charge < -0.3 is 9.64 Å². The first-order valence-corrected chi connectivity index (χ1v) is 6.17. The van der Waals surface area contributed by atoms with Gasteiger partial charge in [0.15, 0.2) is 0 Å². The number of ether oxygens (including phenoxy) is 1. The van der Waals surface area contributed by atoms with Gasteiger partial charge in [0.05, 0.1) is 7.11 Å². The van der Waals surface area contributed by atoms with Crippen LogP contribution in [0.3, 0.4) is 0 Å². The lowest BCUT2D eigenvalue weighted by molar-refractivity contribution is 0.336. The number of alkyl halides is 1. The Kier molecular flexibility index (Phi) is 5.12. The maximum atomic E-state index is 5.34. The summed E-state index contributed by atoms with van der Waals surface area (Å²) in [4.78, 5) is 2.27. The Balaban J connectivity index is 2.77. The van der Waals surface area contributed by atoms with Crippen molar-refractivity contribution >= 4 is 15.9 Å². The molecule has 0 N–H and O–H groups in total. The van der Waals surface area contributed by atoms with Crippen LogP contribution < -0.4 is 4.74 Å². The zero-order valence-electron chi connectivity index (χ0n) is 9.59. The minimum atomic E-state index is 0.927. The molecular weight excluding hydrogens is 254 g/mol. The van der Waals surface area contributed by atoms with Crippen LogP contribution in [0.5, 0.6) is 5.75 Å². The van der Waals surface area contributed by atoms with E-state index in [4.69, 9.17) is 4.74 Å². The van der Waals surface area contributed by atoms with Crippen molar-refractivity contribution in [3.05, 3.63) is 29.3 Å². The van der Waals surface area contributed by atoms with Gasteiger partial charge in [0.25, 0.3) is 0 Å². The van der Waals surface area contributed by atoms with Gasteiger partial charge in [-0.3, -0.25) is 0 Å². The first-order valence-electron chi connectivity index (χ1n) is 5.05. The summed E-state index contributed by atoms with van der Waals surface area (Å²) >= 11 is 3.44. The molecule has 0 atom stereocenters. The van der Waals surface area contributed by atoms with Crippen LogP contribution in [0.25, 0.3) is 0 Å². The number of aryl methyl sites for hydroxylation is 1. The van der Waals surface area contributed by atoms with Crippen LogP contribution >= 0.6 is 15.9 Å². The highest BCUT2D eigenvalue weighted by Gasteiger charge is 2.05. The van der Waals surface area contributed by atoms with Crippen LogP contribution in [0, 0.1) is 6.92 Å². The summed E-state index contributed by atoms with van der Waals surface area (Å²) in [6.45, 7) is 4.07. The molecule has 0 aliphatic rings. The minimum absolute atomic E-state index is 0.927. The summed E-state index contributed by atoms with van der Waals surface area (Å²) in [5.41, 5.74) is 2.53. The number of hydrogen-bond acceptors (Lipinski definition) is 2. The topological polar surface area (TPSA) is 12.5 Å². The van der Waals surface area contributed by atoms with Gasteiger partial charge in [0.1, 0.15) is 5.75 Å². The van der Waals surface area contributed by atoms with Gasteiger partial charge in [0.2, 0.25) is 0 Å². The lowest BCUT2D eigenvalue weighted by Gasteiger charge is -2.17. The summed E-state index contributed by atoms with van der Waals surface area (Å²) in [6, 6.07) is 6.29. The van der Waals surface area contributed by atoms with E-state index >= 15 is 0 Å². The van der Waals surface area contributed by atoms with Gasteiger partial charge in [-0.1, -0.05) is 33.6 Å². The van der Waals surface area contributed by atoms with E-state index in [1.54, 1.807) is 7.11 Å². The predicted molar refractivity (Wildman–Crippen MR) is 67.9 cm³/mol.